The maximum Gasteiger partial charge on any atom is 0.0264 e. The van der Waals surface area contributed by atoms with Gasteiger partial charge in [-0.3, -0.25) is 0 Å². The van der Waals surface area contributed by atoms with Gasteiger partial charge in [-0.1, -0.05) is 27.7 Å². The molecule has 3 nitrogen and oxygen atoms in total. The summed E-state index contributed by atoms with van der Waals surface area (Å²) >= 11 is 0. The Hall–Kier alpha value is -0.120. The zero-order valence-electron chi connectivity index (χ0n) is 13.5. The summed E-state index contributed by atoms with van der Waals surface area (Å²) in [5.41, 5.74) is 6.62. The molecule has 3 N–H and O–H groups in total. The lowest BCUT2D eigenvalue weighted by Gasteiger charge is -2.35. The number of nitrogens with zero attached hydrogens (tertiary/aromatic N) is 1. The molecule has 0 fully saturated rings. The quantitative estimate of drug-likeness (QED) is 0.632. The molecule has 0 radical (unpaired) electrons. The van der Waals surface area contributed by atoms with Gasteiger partial charge in [0.25, 0.3) is 0 Å². The Kier molecular flexibility index (Phi) is 8.08. The van der Waals surface area contributed by atoms with Crippen molar-refractivity contribution in [2.45, 2.75) is 59.4 Å². The van der Waals surface area contributed by atoms with Gasteiger partial charge < -0.3 is 16.0 Å². The van der Waals surface area contributed by atoms with Crippen LogP contribution in [0.15, 0.2) is 0 Å². The van der Waals surface area contributed by atoms with Crippen molar-refractivity contribution < 1.29 is 0 Å². The summed E-state index contributed by atoms with van der Waals surface area (Å²) in [5.74, 6) is 0. The van der Waals surface area contributed by atoms with Crippen molar-refractivity contribution in [1.82, 2.24) is 10.2 Å². The molecule has 0 amide bonds. The van der Waals surface area contributed by atoms with Crippen LogP contribution >= 0.6 is 0 Å². The number of nitrogens with two attached hydrogens (primary N) is 1. The normalized spacial score (nSPS) is 16.0. The van der Waals surface area contributed by atoms with E-state index in [1.54, 1.807) is 0 Å². The molecule has 0 spiro atoms. The summed E-state index contributed by atoms with van der Waals surface area (Å²) < 4.78 is 0. The molecule has 0 aliphatic heterocycles. The number of hydrogen-bond acceptors (Lipinski definition) is 3. The van der Waals surface area contributed by atoms with Crippen molar-refractivity contribution in [3.8, 4) is 0 Å². The SMILES string of the molecule is CCN(CCC(C)(N)CNC)CC(C)(CC)CC. The fourth-order valence-corrected chi connectivity index (χ4v) is 2.27. The Morgan fingerprint density at radius 3 is 2.06 bits per heavy atom. The molecule has 0 saturated heterocycles. The van der Waals surface area contributed by atoms with Gasteiger partial charge in [0.1, 0.15) is 0 Å². The lowest BCUT2D eigenvalue weighted by molar-refractivity contribution is 0.149. The highest BCUT2D eigenvalue weighted by molar-refractivity contribution is 4.83. The van der Waals surface area contributed by atoms with Crippen molar-refractivity contribution >= 4 is 0 Å². The molecule has 110 valence electrons. The van der Waals surface area contributed by atoms with E-state index >= 15 is 0 Å². The number of hydrogen-bond donors (Lipinski definition) is 2. The minimum atomic E-state index is -0.100. The minimum Gasteiger partial charge on any atom is -0.324 e. The van der Waals surface area contributed by atoms with Crippen LogP contribution in [0.2, 0.25) is 0 Å². The van der Waals surface area contributed by atoms with E-state index in [1.165, 1.54) is 19.4 Å². The van der Waals surface area contributed by atoms with Crippen LogP contribution in [0, 0.1) is 5.41 Å². The molecule has 0 aliphatic carbocycles. The topological polar surface area (TPSA) is 41.3 Å². The van der Waals surface area contributed by atoms with E-state index in [9.17, 15) is 0 Å². The Labute approximate surface area is 114 Å². The zero-order valence-corrected chi connectivity index (χ0v) is 13.5. The van der Waals surface area contributed by atoms with Gasteiger partial charge >= 0.3 is 0 Å². The molecule has 3 heteroatoms. The molecular formula is C15H35N3. The zero-order chi connectivity index (χ0) is 14.2. The third-order valence-corrected chi connectivity index (χ3v) is 4.34. The molecule has 0 bridgehead atoms. The van der Waals surface area contributed by atoms with Crippen LogP contribution in [0.4, 0.5) is 0 Å². The maximum atomic E-state index is 6.27. The second-order valence-electron chi connectivity index (χ2n) is 6.32. The first kappa shape index (κ1) is 17.9. The Morgan fingerprint density at radius 2 is 1.67 bits per heavy atom. The van der Waals surface area contributed by atoms with E-state index in [2.05, 4.69) is 44.8 Å². The van der Waals surface area contributed by atoms with Gasteiger partial charge in [0.2, 0.25) is 0 Å². The molecule has 0 aliphatic rings. The third-order valence-electron chi connectivity index (χ3n) is 4.34. The highest BCUT2D eigenvalue weighted by Gasteiger charge is 2.24. The van der Waals surface area contributed by atoms with E-state index in [0.717, 1.165) is 26.1 Å². The van der Waals surface area contributed by atoms with Crippen LogP contribution in [0.5, 0.6) is 0 Å². The largest absolute Gasteiger partial charge is 0.324 e. The van der Waals surface area contributed by atoms with Crippen molar-refractivity contribution in [1.29, 1.82) is 0 Å². The highest BCUT2D eigenvalue weighted by atomic mass is 15.1. The predicted octanol–water partition coefficient (Wildman–Crippen LogP) is 2.46. The molecule has 0 aromatic heterocycles. The van der Waals surface area contributed by atoms with Crippen molar-refractivity contribution in [3.05, 3.63) is 0 Å². The fraction of sp³-hybridized carbons (Fsp3) is 1.00. The van der Waals surface area contributed by atoms with Crippen LogP contribution in [0.3, 0.4) is 0 Å². The summed E-state index contributed by atoms with van der Waals surface area (Å²) in [6, 6.07) is 0. The second kappa shape index (κ2) is 8.13. The van der Waals surface area contributed by atoms with E-state index in [4.69, 9.17) is 5.73 Å². The summed E-state index contributed by atoms with van der Waals surface area (Å²) in [7, 11) is 1.97. The van der Waals surface area contributed by atoms with Crippen LogP contribution < -0.4 is 11.1 Å². The first-order valence-electron chi connectivity index (χ1n) is 7.48. The van der Waals surface area contributed by atoms with Crippen molar-refractivity contribution in [2.24, 2.45) is 11.1 Å². The first-order valence-corrected chi connectivity index (χ1v) is 7.48. The van der Waals surface area contributed by atoms with Gasteiger partial charge in [-0.25, -0.2) is 0 Å². The number of likely N-dealkylation sites (N-methyl/N-ethyl adjacent to an activating group) is 1. The minimum absolute atomic E-state index is 0.100. The van der Waals surface area contributed by atoms with E-state index in [0.29, 0.717) is 5.41 Å². The lowest BCUT2D eigenvalue weighted by Crippen LogP contribution is -2.48. The van der Waals surface area contributed by atoms with Gasteiger partial charge in [-0.2, -0.15) is 0 Å². The second-order valence-corrected chi connectivity index (χ2v) is 6.32. The number of rotatable bonds is 10. The smallest absolute Gasteiger partial charge is 0.0264 e. The molecular weight excluding hydrogens is 222 g/mol. The molecule has 1 atom stereocenters. The molecule has 0 heterocycles. The Morgan fingerprint density at radius 1 is 1.11 bits per heavy atom. The monoisotopic (exact) mass is 257 g/mol. The average Bonchev–Trinajstić information content (AvgIpc) is 2.34. The Bertz CT molecular complexity index is 210. The molecule has 0 aromatic carbocycles. The van der Waals surface area contributed by atoms with Gasteiger partial charge in [0, 0.05) is 18.6 Å². The van der Waals surface area contributed by atoms with Crippen LogP contribution in [0.1, 0.15) is 53.9 Å². The van der Waals surface area contributed by atoms with E-state index in [1.807, 2.05) is 7.05 Å². The summed E-state index contributed by atoms with van der Waals surface area (Å²) in [5, 5.41) is 3.18. The van der Waals surface area contributed by atoms with E-state index in [-0.39, 0.29) is 5.54 Å². The van der Waals surface area contributed by atoms with Crippen LogP contribution in [0.25, 0.3) is 0 Å². The fourth-order valence-electron chi connectivity index (χ4n) is 2.27. The van der Waals surface area contributed by atoms with Crippen molar-refractivity contribution in [2.75, 3.05) is 33.2 Å². The predicted molar refractivity (Wildman–Crippen MR) is 81.9 cm³/mol. The molecule has 0 saturated carbocycles. The van der Waals surface area contributed by atoms with Gasteiger partial charge in [-0.15, -0.1) is 0 Å². The molecule has 18 heavy (non-hydrogen) atoms. The maximum absolute atomic E-state index is 6.27. The van der Waals surface area contributed by atoms with Crippen LogP contribution in [-0.2, 0) is 0 Å². The van der Waals surface area contributed by atoms with Crippen molar-refractivity contribution in [3.63, 3.8) is 0 Å². The van der Waals surface area contributed by atoms with Gasteiger partial charge in [-0.05, 0) is 51.7 Å². The van der Waals surface area contributed by atoms with Gasteiger partial charge in [0.05, 0.1) is 0 Å². The molecule has 1 unspecified atom stereocenters. The third kappa shape index (κ3) is 6.72. The highest BCUT2D eigenvalue weighted by Crippen LogP contribution is 2.26. The number of nitrogens with one attached hydrogen (secondary N) is 1. The molecule has 0 rings (SSSR count). The summed E-state index contributed by atoms with van der Waals surface area (Å²) in [6.45, 7) is 15.6. The summed E-state index contributed by atoms with van der Waals surface area (Å²) in [6.07, 6.45) is 3.54. The first-order chi connectivity index (χ1) is 8.32. The Balaban J connectivity index is 4.27. The standard InChI is InChI=1S/C15H35N3/c1-7-14(4,8-2)13-18(9-3)11-10-15(5,16)12-17-6/h17H,7-13,16H2,1-6H3. The summed E-state index contributed by atoms with van der Waals surface area (Å²) in [4.78, 5) is 2.55. The van der Waals surface area contributed by atoms with Crippen LogP contribution in [-0.4, -0.2) is 43.7 Å². The lowest BCUT2D eigenvalue weighted by atomic mass is 9.84. The van der Waals surface area contributed by atoms with Gasteiger partial charge in [0.15, 0.2) is 0 Å². The average molecular weight is 257 g/mol. The molecule has 0 aromatic rings. The van der Waals surface area contributed by atoms with E-state index < -0.39 is 0 Å².